The molecule has 7 heteroatoms. The molecule has 0 aliphatic heterocycles. The number of carboxylic acid groups (broad SMARTS) is 1. The van der Waals surface area contributed by atoms with Gasteiger partial charge in [0, 0.05) is 0 Å². The molecule has 5 nitrogen and oxygen atoms in total. The van der Waals surface area contributed by atoms with Crippen molar-refractivity contribution >= 4 is 35.0 Å². The lowest BCUT2D eigenvalue weighted by Crippen LogP contribution is -2.35. The molecule has 0 heterocycles. The average molecular weight is 257 g/mol. The van der Waals surface area contributed by atoms with E-state index in [4.69, 9.17) is 39.8 Å². The number of ketones is 1. The maximum Gasteiger partial charge on any atom is 0.320 e. The van der Waals surface area contributed by atoms with Crippen molar-refractivity contribution in [1.82, 2.24) is 0 Å². The van der Waals surface area contributed by atoms with Gasteiger partial charge < -0.3 is 16.6 Å². The number of hydrogen-bond acceptors (Lipinski definition) is 4. The van der Waals surface area contributed by atoms with Crippen LogP contribution in [0.5, 0.6) is 0 Å². The second kappa shape index (κ2) is 7.00. The summed E-state index contributed by atoms with van der Waals surface area (Å²) in [6.07, 6.45) is 1.04. The summed E-state index contributed by atoms with van der Waals surface area (Å²) >= 11 is 10.7. The molecule has 5 N–H and O–H groups in total. The molecule has 0 aromatic rings. The van der Waals surface area contributed by atoms with Crippen LogP contribution in [0.3, 0.4) is 0 Å². The molecule has 0 rings (SSSR count). The van der Waals surface area contributed by atoms with Crippen LogP contribution in [0, 0.1) is 0 Å². The lowest BCUT2D eigenvalue weighted by molar-refractivity contribution is -0.138. The summed E-state index contributed by atoms with van der Waals surface area (Å²) in [5.41, 5.74) is 10.7. The topological polar surface area (TPSA) is 106 Å². The Balaban J connectivity index is 3.77. The summed E-state index contributed by atoms with van der Waals surface area (Å²) in [7, 11) is 0. The highest BCUT2D eigenvalue weighted by Gasteiger charge is 2.20. The van der Waals surface area contributed by atoms with Crippen LogP contribution in [0.4, 0.5) is 0 Å². The molecular formula is C8H14Cl2N2O3. The van der Waals surface area contributed by atoms with Gasteiger partial charge in [-0.3, -0.25) is 9.59 Å². The Morgan fingerprint density at radius 2 is 1.60 bits per heavy atom. The fourth-order valence-electron chi connectivity index (χ4n) is 0.985. The molecular weight excluding hydrogens is 243 g/mol. The molecule has 0 radical (unpaired) electrons. The van der Waals surface area contributed by atoms with Gasteiger partial charge in [0.2, 0.25) is 0 Å². The minimum atomic E-state index is -1.13. The van der Waals surface area contributed by atoms with Gasteiger partial charge in [-0.05, 0) is 19.3 Å². The fourth-order valence-corrected chi connectivity index (χ4v) is 1.31. The van der Waals surface area contributed by atoms with E-state index in [-0.39, 0.29) is 6.42 Å². The summed E-state index contributed by atoms with van der Waals surface area (Å²) < 4.78 is 0. The normalized spacial score (nSPS) is 15.0. The predicted octanol–water partition coefficient (Wildman–Crippen LogP) is 0.269. The number of alkyl halides is 2. The standard InChI is InChI=1S/C8H14Cl2N2O3/c9-7(10)6(13)4(11)2-1-3-5(12)8(14)15/h4-5,7H,1-3,11-12H2,(H,14,15)/t4?,5-/m0/s1. The van der Waals surface area contributed by atoms with Crippen LogP contribution >= 0.6 is 23.2 Å². The van der Waals surface area contributed by atoms with Crippen LogP contribution in [0.1, 0.15) is 19.3 Å². The SMILES string of the molecule is NC(CCC[C@H](N)C(=O)O)C(=O)C(Cl)Cl. The number of Topliss-reactive ketones (excluding diaryl/α,β-unsaturated/α-hetero) is 1. The summed E-state index contributed by atoms with van der Waals surface area (Å²) in [5.74, 6) is -1.52. The van der Waals surface area contributed by atoms with Crippen molar-refractivity contribution in [2.24, 2.45) is 11.5 Å². The molecule has 2 atom stereocenters. The van der Waals surface area contributed by atoms with E-state index in [2.05, 4.69) is 0 Å². The van der Waals surface area contributed by atoms with Crippen molar-refractivity contribution in [2.45, 2.75) is 36.2 Å². The molecule has 15 heavy (non-hydrogen) atoms. The number of halogens is 2. The van der Waals surface area contributed by atoms with Crippen molar-refractivity contribution < 1.29 is 14.7 Å². The Morgan fingerprint density at radius 3 is 2.00 bits per heavy atom. The Kier molecular flexibility index (Phi) is 6.84. The number of aliphatic carboxylic acids is 1. The van der Waals surface area contributed by atoms with Gasteiger partial charge >= 0.3 is 5.97 Å². The zero-order valence-electron chi connectivity index (χ0n) is 8.03. The molecule has 0 aromatic heterocycles. The smallest absolute Gasteiger partial charge is 0.320 e. The van der Waals surface area contributed by atoms with Crippen molar-refractivity contribution in [3.63, 3.8) is 0 Å². The lowest BCUT2D eigenvalue weighted by atomic mass is 10.0. The first-order valence-corrected chi connectivity index (χ1v) is 5.29. The van der Waals surface area contributed by atoms with E-state index in [1.165, 1.54) is 0 Å². The Labute approximate surface area is 97.7 Å². The maximum absolute atomic E-state index is 11.1. The van der Waals surface area contributed by atoms with Gasteiger partial charge in [0.25, 0.3) is 0 Å². The largest absolute Gasteiger partial charge is 0.480 e. The number of nitrogens with two attached hydrogens (primary N) is 2. The van der Waals surface area contributed by atoms with Gasteiger partial charge in [0.05, 0.1) is 6.04 Å². The van der Waals surface area contributed by atoms with E-state index in [1.807, 2.05) is 0 Å². The fraction of sp³-hybridized carbons (Fsp3) is 0.750. The van der Waals surface area contributed by atoms with Crippen molar-refractivity contribution in [3.05, 3.63) is 0 Å². The van der Waals surface area contributed by atoms with Crippen LogP contribution in [0.2, 0.25) is 0 Å². The first-order chi connectivity index (χ1) is 6.86. The van der Waals surface area contributed by atoms with Gasteiger partial charge in [-0.1, -0.05) is 23.2 Å². The van der Waals surface area contributed by atoms with E-state index in [9.17, 15) is 9.59 Å². The second-order valence-electron chi connectivity index (χ2n) is 3.19. The summed E-state index contributed by atoms with van der Waals surface area (Å²) in [6.45, 7) is 0. The molecule has 0 bridgehead atoms. The molecule has 1 unspecified atom stereocenters. The van der Waals surface area contributed by atoms with E-state index in [1.54, 1.807) is 0 Å². The van der Waals surface area contributed by atoms with Gasteiger partial charge in [-0.15, -0.1) is 0 Å². The van der Waals surface area contributed by atoms with Gasteiger partial charge in [0.15, 0.2) is 10.6 Å². The molecule has 0 saturated heterocycles. The summed E-state index contributed by atoms with van der Waals surface area (Å²) in [5, 5.41) is 8.48. The summed E-state index contributed by atoms with van der Waals surface area (Å²) in [6, 6.07) is -1.68. The third-order valence-corrected chi connectivity index (χ3v) is 2.36. The predicted molar refractivity (Wildman–Crippen MR) is 57.9 cm³/mol. The molecule has 0 aliphatic rings. The van der Waals surface area contributed by atoms with Crippen molar-refractivity contribution in [2.75, 3.05) is 0 Å². The first-order valence-electron chi connectivity index (χ1n) is 4.42. The zero-order chi connectivity index (χ0) is 12.0. The highest BCUT2D eigenvalue weighted by molar-refractivity contribution is 6.54. The van der Waals surface area contributed by atoms with Crippen LogP contribution in [0.25, 0.3) is 0 Å². The van der Waals surface area contributed by atoms with E-state index < -0.39 is 28.7 Å². The third kappa shape index (κ3) is 5.94. The quantitative estimate of drug-likeness (QED) is 0.567. The molecule has 0 saturated carbocycles. The number of carbonyl (C=O) groups is 2. The monoisotopic (exact) mass is 256 g/mol. The zero-order valence-corrected chi connectivity index (χ0v) is 9.54. The van der Waals surface area contributed by atoms with Crippen molar-refractivity contribution in [1.29, 1.82) is 0 Å². The minimum Gasteiger partial charge on any atom is -0.480 e. The molecule has 0 fully saturated rings. The van der Waals surface area contributed by atoms with Crippen LogP contribution in [-0.2, 0) is 9.59 Å². The highest BCUT2D eigenvalue weighted by atomic mass is 35.5. The van der Waals surface area contributed by atoms with E-state index in [0.717, 1.165) is 0 Å². The Morgan fingerprint density at radius 1 is 1.13 bits per heavy atom. The number of carbonyl (C=O) groups excluding carboxylic acids is 1. The number of carboxylic acids is 1. The number of rotatable bonds is 7. The van der Waals surface area contributed by atoms with Gasteiger partial charge in [-0.25, -0.2) is 0 Å². The molecule has 0 aliphatic carbocycles. The van der Waals surface area contributed by atoms with Crippen LogP contribution < -0.4 is 11.5 Å². The molecule has 0 spiro atoms. The third-order valence-electron chi connectivity index (χ3n) is 1.93. The molecule has 0 aromatic carbocycles. The summed E-state index contributed by atoms with van der Waals surface area (Å²) in [4.78, 5) is 20.3. The van der Waals surface area contributed by atoms with Gasteiger partial charge in [-0.2, -0.15) is 0 Å². The first kappa shape index (κ1) is 14.6. The van der Waals surface area contributed by atoms with E-state index in [0.29, 0.717) is 12.8 Å². The number of hydrogen-bond donors (Lipinski definition) is 3. The molecule has 0 amide bonds. The second-order valence-corrected chi connectivity index (χ2v) is 4.28. The van der Waals surface area contributed by atoms with Crippen molar-refractivity contribution in [3.8, 4) is 0 Å². The Hall–Kier alpha value is -0.360. The lowest BCUT2D eigenvalue weighted by Gasteiger charge is -2.11. The maximum atomic E-state index is 11.1. The van der Waals surface area contributed by atoms with E-state index >= 15 is 0 Å². The average Bonchev–Trinajstić information content (AvgIpc) is 2.15. The van der Waals surface area contributed by atoms with Crippen LogP contribution in [-0.4, -0.2) is 33.8 Å². The molecule has 88 valence electrons. The van der Waals surface area contributed by atoms with Crippen LogP contribution in [0.15, 0.2) is 0 Å². The highest BCUT2D eigenvalue weighted by Crippen LogP contribution is 2.09. The Bertz CT molecular complexity index is 236. The van der Waals surface area contributed by atoms with Gasteiger partial charge in [0.1, 0.15) is 6.04 Å². The minimum absolute atomic E-state index is 0.269.